The lowest BCUT2D eigenvalue weighted by atomic mass is 10.0. The summed E-state index contributed by atoms with van der Waals surface area (Å²) < 4.78 is 5.52. The molecule has 6 heteroatoms. The molecule has 176 valence electrons. The zero-order chi connectivity index (χ0) is 23.2. The summed E-state index contributed by atoms with van der Waals surface area (Å²) in [5.74, 6) is -0.226. The van der Waals surface area contributed by atoms with E-state index >= 15 is 0 Å². The van der Waals surface area contributed by atoms with Gasteiger partial charge in [0.05, 0.1) is 25.2 Å². The lowest BCUT2D eigenvalue weighted by molar-refractivity contribution is -0.129. The Kier molecular flexibility index (Phi) is 7.78. The SMILES string of the molecule is Cc1ccc(CCN2CC(C(=O)NCC(c3ccc(C)cc3)N3CCOCC3)CC2=O)cc1. The molecule has 2 atom stereocenters. The quantitative estimate of drug-likeness (QED) is 0.673. The van der Waals surface area contributed by atoms with Crippen molar-refractivity contribution < 1.29 is 14.3 Å². The predicted octanol–water partition coefficient (Wildman–Crippen LogP) is 2.88. The Morgan fingerprint density at radius 3 is 2.33 bits per heavy atom. The molecule has 1 N–H and O–H groups in total. The van der Waals surface area contributed by atoms with Gasteiger partial charge in [0.25, 0.3) is 0 Å². The molecule has 0 aromatic heterocycles. The zero-order valence-electron chi connectivity index (χ0n) is 19.8. The van der Waals surface area contributed by atoms with Crippen molar-refractivity contribution in [2.75, 3.05) is 45.9 Å². The molecule has 0 aliphatic carbocycles. The van der Waals surface area contributed by atoms with E-state index in [1.54, 1.807) is 0 Å². The number of likely N-dealkylation sites (tertiary alicyclic amines) is 1. The molecule has 2 aliphatic heterocycles. The fourth-order valence-corrected chi connectivity index (χ4v) is 4.66. The van der Waals surface area contributed by atoms with Gasteiger partial charge in [-0.05, 0) is 31.4 Å². The second kappa shape index (κ2) is 10.9. The molecule has 4 rings (SSSR count). The second-order valence-electron chi connectivity index (χ2n) is 9.30. The second-order valence-corrected chi connectivity index (χ2v) is 9.30. The predicted molar refractivity (Wildman–Crippen MR) is 129 cm³/mol. The van der Waals surface area contributed by atoms with Crippen LogP contribution in [-0.4, -0.2) is 67.6 Å². The molecule has 2 aliphatic rings. The first-order chi connectivity index (χ1) is 16.0. The van der Waals surface area contributed by atoms with Gasteiger partial charge in [-0.3, -0.25) is 14.5 Å². The minimum Gasteiger partial charge on any atom is -0.379 e. The number of hydrogen-bond donors (Lipinski definition) is 1. The maximum Gasteiger partial charge on any atom is 0.225 e. The van der Waals surface area contributed by atoms with E-state index in [0.29, 0.717) is 39.3 Å². The Bertz CT molecular complexity index is 936. The van der Waals surface area contributed by atoms with Crippen LogP contribution in [0.3, 0.4) is 0 Å². The van der Waals surface area contributed by atoms with E-state index in [1.165, 1.54) is 22.3 Å². The van der Waals surface area contributed by atoms with Crippen LogP contribution in [-0.2, 0) is 20.7 Å². The summed E-state index contributed by atoms with van der Waals surface area (Å²) in [5.41, 5.74) is 4.87. The Morgan fingerprint density at radius 1 is 1.03 bits per heavy atom. The molecule has 33 heavy (non-hydrogen) atoms. The maximum absolute atomic E-state index is 13.0. The third kappa shape index (κ3) is 6.21. The topological polar surface area (TPSA) is 61.9 Å². The minimum atomic E-state index is -0.279. The highest BCUT2D eigenvalue weighted by Crippen LogP contribution is 2.23. The molecule has 0 bridgehead atoms. The molecule has 0 spiro atoms. The molecule has 2 aromatic carbocycles. The van der Waals surface area contributed by atoms with E-state index in [9.17, 15) is 9.59 Å². The van der Waals surface area contributed by atoms with Crippen molar-refractivity contribution in [1.82, 2.24) is 15.1 Å². The average Bonchev–Trinajstić information content (AvgIpc) is 3.21. The number of benzene rings is 2. The summed E-state index contributed by atoms with van der Waals surface area (Å²) in [6.45, 7) is 8.97. The van der Waals surface area contributed by atoms with Gasteiger partial charge in [0, 0.05) is 39.1 Å². The van der Waals surface area contributed by atoms with Crippen LogP contribution >= 0.6 is 0 Å². The molecule has 2 saturated heterocycles. The van der Waals surface area contributed by atoms with Gasteiger partial charge in [-0.25, -0.2) is 0 Å². The highest BCUT2D eigenvalue weighted by molar-refractivity contribution is 5.89. The third-order valence-corrected chi connectivity index (χ3v) is 6.79. The van der Waals surface area contributed by atoms with Crippen LogP contribution < -0.4 is 5.32 Å². The number of carbonyl (C=O) groups excluding carboxylic acids is 2. The number of rotatable bonds is 8. The van der Waals surface area contributed by atoms with Crippen LogP contribution in [0.15, 0.2) is 48.5 Å². The van der Waals surface area contributed by atoms with Gasteiger partial charge in [-0.1, -0.05) is 59.7 Å². The summed E-state index contributed by atoms with van der Waals surface area (Å²) in [7, 11) is 0. The fourth-order valence-electron chi connectivity index (χ4n) is 4.66. The molecule has 6 nitrogen and oxygen atoms in total. The first kappa shape index (κ1) is 23.5. The lowest BCUT2D eigenvalue weighted by Gasteiger charge is -2.35. The summed E-state index contributed by atoms with van der Waals surface area (Å²) >= 11 is 0. The first-order valence-electron chi connectivity index (χ1n) is 12.0. The molecule has 0 radical (unpaired) electrons. The highest BCUT2D eigenvalue weighted by atomic mass is 16.5. The number of hydrogen-bond acceptors (Lipinski definition) is 4. The molecule has 2 unspecified atom stereocenters. The van der Waals surface area contributed by atoms with Gasteiger partial charge in [-0.2, -0.15) is 0 Å². The van der Waals surface area contributed by atoms with Gasteiger partial charge < -0.3 is 15.0 Å². The zero-order valence-corrected chi connectivity index (χ0v) is 19.8. The standard InChI is InChI=1S/C27H35N3O3/c1-20-3-7-22(8-4-20)11-12-30-19-24(17-26(30)31)27(32)28-18-25(29-13-15-33-16-14-29)23-9-5-21(2)6-10-23/h3-10,24-25H,11-19H2,1-2H3,(H,28,32). The van der Waals surface area contributed by atoms with Crippen molar-refractivity contribution in [2.24, 2.45) is 5.92 Å². The number of nitrogens with zero attached hydrogens (tertiary/aromatic N) is 2. The highest BCUT2D eigenvalue weighted by Gasteiger charge is 2.34. The summed E-state index contributed by atoms with van der Waals surface area (Å²) in [4.78, 5) is 29.7. The summed E-state index contributed by atoms with van der Waals surface area (Å²) in [6.07, 6.45) is 1.11. The molecule has 2 fully saturated rings. The smallest absolute Gasteiger partial charge is 0.225 e. The van der Waals surface area contributed by atoms with Crippen molar-refractivity contribution in [1.29, 1.82) is 0 Å². The molecule has 2 aromatic rings. The van der Waals surface area contributed by atoms with Crippen LogP contribution in [0.5, 0.6) is 0 Å². The van der Waals surface area contributed by atoms with Crippen LogP contribution in [0, 0.1) is 19.8 Å². The monoisotopic (exact) mass is 449 g/mol. The Morgan fingerprint density at radius 2 is 1.67 bits per heavy atom. The third-order valence-electron chi connectivity index (χ3n) is 6.79. The van der Waals surface area contributed by atoms with Crippen LogP contribution in [0.2, 0.25) is 0 Å². The van der Waals surface area contributed by atoms with E-state index < -0.39 is 0 Å². The van der Waals surface area contributed by atoms with E-state index in [4.69, 9.17) is 4.74 Å². The number of morpholine rings is 1. The van der Waals surface area contributed by atoms with E-state index in [2.05, 4.69) is 72.6 Å². The molecule has 2 heterocycles. The van der Waals surface area contributed by atoms with Crippen molar-refractivity contribution in [3.05, 3.63) is 70.8 Å². The molecule has 0 saturated carbocycles. The van der Waals surface area contributed by atoms with Gasteiger partial charge in [-0.15, -0.1) is 0 Å². The van der Waals surface area contributed by atoms with Crippen LogP contribution in [0.4, 0.5) is 0 Å². The van der Waals surface area contributed by atoms with E-state index in [0.717, 1.165) is 19.5 Å². The van der Waals surface area contributed by atoms with E-state index in [1.807, 2.05) is 4.90 Å². The molecular weight excluding hydrogens is 414 g/mol. The van der Waals surface area contributed by atoms with Gasteiger partial charge in [0.15, 0.2) is 0 Å². The number of ether oxygens (including phenoxy) is 1. The van der Waals surface area contributed by atoms with Gasteiger partial charge in [0.2, 0.25) is 11.8 Å². The van der Waals surface area contributed by atoms with E-state index in [-0.39, 0.29) is 23.8 Å². The first-order valence-corrected chi connectivity index (χ1v) is 12.0. The van der Waals surface area contributed by atoms with Crippen LogP contribution in [0.25, 0.3) is 0 Å². The lowest BCUT2D eigenvalue weighted by Crippen LogP contribution is -2.45. The van der Waals surface area contributed by atoms with Crippen LogP contribution in [0.1, 0.15) is 34.7 Å². The summed E-state index contributed by atoms with van der Waals surface area (Å²) in [5, 5.41) is 3.16. The van der Waals surface area contributed by atoms with Crippen molar-refractivity contribution in [3.8, 4) is 0 Å². The van der Waals surface area contributed by atoms with Crippen molar-refractivity contribution in [3.63, 3.8) is 0 Å². The maximum atomic E-state index is 13.0. The molecular formula is C27H35N3O3. The average molecular weight is 450 g/mol. The van der Waals surface area contributed by atoms with Crippen molar-refractivity contribution >= 4 is 11.8 Å². The number of nitrogens with one attached hydrogen (secondary N) is 1. The van der Waals surface area contributed by atoms with Crippen molar-refractivity contribution in [2.45, 2.75) is 32.7 Å². The molecule has 2 amide bonds. The Hall–Kier alpha value is -2.70. The minimum absolute atomic E-state index is 0.0217. The van der Waals surface area contributed by atoms with Gasteiger partial charge >= 0.3 is 0 Å². The van der Waals surface area contributed by atoms with Gasteiger partial charge in [0.1, 0.15) is 0 Å². The fraction of sp³-hybridized carbons (Fsp3) is 0.481. The Labute approximate surface area is 196 Å². The Balaban J connectivity index is 1.32. The number of aryl methyl sites for hydroxylation is 2. The number of amides is 2. The normalized spacial score (nSPS) is 20.1. The summed E-state index contributed by atoms with van der Waals surface area (Å²) in [6, 6.07) is 17.0. The largest absolute Gasteiger partial charge is 0.379 e. The number of carbonyl (C=O) groups is 2.